The molecule has 92 valence electrons. The van der Waals surface area contributed by atoms with E-state index in [4.69, 9.17) is 5.41 Å². The van der Waals surface area contributed by atoms with Crippen molar-refractivity contribution in [2.24, 2.45) is 29.1 Å². The summed E-state index contributed by atoms with van der Waals surface area (Å²) in [6.07, 6.45) is 7.55. The molecule has 0 radical (unpaired) electrons. The molecule has 5 aliphatic rings. The van der Waals surface area contributed by atoms with Crippen molar-refractivity contribution in [3.05, 3.63) is 11.1 Å². The topological polar surface area (TPSA) is 23.9 Å². The Labute approximate surface area is 109 Å². The highest BCUT2D eigenvalue weighted by Crippen LogP contribution is 2.76. The van der Waals surface area contributed by atoms with E-state index in [-0.39, 0.29) is 0 Å². The summed E-state index contributed by atoms with van der Waals surface area (Å²) in [4.78, 5) is 0. The van der Waals surface area contributed by atoms with Crippen LogP contribution in [0.25, 0.3) is 0 Å². The number of nitrogens with one attached hydrogen (secondary N) is 1. The van der Waals surface area contributed by atoms with Crippen LogP contribution in [-0.4, -0.2) is 5.16 Å². The average molecular weight is 247 g/mol. The normalized spacial score (nSPS) is 48.8. The van der Waals surface area contributed by atoms with Gasteiger partial charge < -0.3 is 0 Å². The molecule has 4 bridgehead atoms. The Balaban J connectivity index is 0.000000276. The van der Waals surface area contributed by atoms with Crippen LogP contribution in [0, 0.1) is 34.5 Å². The standard InChI is InChI=1S/C14H20.CHNS/c1-8-3-4-13-12-6-10-5-11(12)9(2)14(10,13)7-8;2-1-3/h8-11H,3-7H2,1-2H3;2H. The van der Waals surface area contributed by atoms with Crippen LogP contribution in [0.4, 0.5) is 0 Å². The molecule has 0 saturated heterocycles. The van der Waals surface area contributed by atoms with Gasteiger partial charge in [0.25, 0.3) is 0 Å². The third-order valence-corrected chi connectivity index (χ3v) is 6.12. The maximum Gasteiger partial charge on any atom is 0.0554 e. The molecule has 0 amide bonds. The molecule has 17 heavy (non-hydrogen) atoms. The van der Waals surface area contributed by atoms with E-state index >= 15 is 0 Å². The first-order chi connectivity index (χ1) is 8.15. The van der Waals surface area contributed by atoms with E-state index in [9.17, 15) is 0 Å². The summed E-state index contributed by atoms with van der Waals surface area (Å²) in [5.41, 5.74) is 4.68. The average Bonchev–Trinajstić information content (AvgIpc) is 2.95. The van der Waals surface area contributed by atoms with Crippen molar-refractivity contribution in [2.45, 2.75) is 46.0 Å². The van der Waals surface area contributed by atoms with E-state index in [1.165, 1.54) is 25.7 Å². The summed E-state index contributed by atoms with van der Waals surface area (Å²) in [6, 6.07) is 0. The third-order valence-electron chi connectivity index (χ3n) is 6.12. The zero-order chi connectivity index (χ0) is 12.2. The highest BCUT2D eigenvalue weighted by molar-refractivity contribution is 7.78. The molecule has 5 unspecified atom stereocenters. The van der Waals surface area contributed by atoms with Crippen molar-refractivity contribution in [1.82, 2.24) is 0 Å². The summed E-state index contributed by atoms with van der Waals surface area (Å²) in [5, 5.41) is 7.36. The van der Waals surface area contributed by atoms with E-state index in [0.717, 1.165) is 29.1 Å². The predicted octanol–water partition coefficient (Wildman–Crippen LogP) is 4.45. The van der Waals surface area contributed by atoms with Gasteiger partial charge >= 0.3 is 0 Å². The van der Waals surface area contributed by atoms with Gasteiger partial charge in [0.05, 0.1) is 5.16 Å². The van der Waals surface area contributed by atoms with Crippen LogP contribution in [0.5, 0.6) is 0 Å². The summed E-state index contributed by atoms with van der Waals surface area (Å²) in [7, 11) is 0. The van der Waals surface area contributed by atoms with Gasteiger partial charge in [-0.1, -0.05) is 25.0 Å². The minimum absolute atomic E-state index is 0.748. The summed E-state index contributed by atoms with van der Waals surface area (Å²) < 4.78 is 0. The van der Waals surface area contributed by atoms with Gasteiger partial charge in [-0.3, -0.25) is 0 Å². The second kappa shape index (κ2) is 3.76. The van der Waals surface area contributed by atoms with E-state index in [1.54, 1.807) is 11.6 Å². The second-order valence-corrected chi connectivity index (χ2v) is 6.73. The fourth-order valence-electron chi connectivity index (χ4n) is 5.68. The van der Waals surface area contributed by atoms with Crippen molar-refractivity contribution in [2.75, 3.05) is 0 Å². The van der Waals surface area contributed by atoms with Gasteiger partial charge in [-0.15, -0.1) is 0 Å². The molecule has 1 N–H and O–H groups in total. The number of allylic oxidation sites excluding steroid dienone is 2. The lowest BCUT2D eigenvalue weighted by molar-refractivity contribution is 0.127. The predicted molar refractivity (Wildman–Crippen MR) is 73.2 cm³/mol. The fourth-order valence-corrected chi connectivity index (χ4v) is 5.68. The lowest BCUT2D eigenvalue weighted by atomic mass is 9.61. The van der Waals surface area contributed by atoms with Gasteiger partial charge in [-0.2, -0.15) is 0 Å². The van der Waals surface area contributed by atoms with Crippen molar-refractivity contribution in [3.63, 3.8) is 0 Å². The van der Waals surface area contributed by atoms with Crippen LogP contribution in [0.3, 0.4) is 0 Å². The van der Waals surface area contributed by atoms with Gasteiger partial charge in [-0.05, 0) is 73.4 Å². The van der Waals surface area contributed by atoms with Crippen molar-refractivity contribution >= 4 is 17.4 Å². The number of rotatable bonds is 0. The Morgan fingerprint density at radius 3 is 2.76 bits per heavy atom. The largest absolute Gasteiger partial charge is 0.248 e. The molecule has 0 heterocycles. The maximum atomic E-state index is 5.77. The van der Waals surface area contributed by atoms with E-state index < -0.39 is 0 Å². The molecule has 1 spiro atoms. The van der Waals surface area contributed by atoms with Crippen LogP contribution < -0.4 is 0 Å². The summed E-state index contributed by atoms with van der Waals surface area (Å²) in [5.74, 6) is 4.16. The van der Waals surface area contributed by atoms with E-state index in [2.05, 4.69) is 26.1 Å². The molecule has 3 fully saturated rings. The molecular formula is C15H21NS. The quantitative estimate of drug-likeness (QED) is 0.382. The first kappa shape index (κ1) is 11.6. The Morgan fingerprint density at radius 2 is 2.12 bits per heavy atom. The van der Waals surface area contributed by atoms with Crippen molar-refractivity contribution in [1.29, 1.82) is 5.41 Å². The van der Waals surface area contributed by atoms with Gasteiger partial charge in [0, 0.05) is 0 Å². The molecule has 0 aromatic heterocycles. The lowest BCUT2D eigenvalue weighted by Gasteiger charge is -2.43. The molecule has 0 aromatic carbocycles. The van der Waals surface area contributed by atoms with Crippen LogP contribution in [0.1, 0.15) is 46.0 Å². The highest BCUT2D eigenvalue weighted by atomic mass is 32.1. The molecule has 0 aliphatic heterocycles. The molecule has 1 nitrogen and oxygen atoms in total. The monoisotopic (exact) mass is 247 g/mol. The molecule has 5 atom stereocenters. The van der Waals surface area contributed by atoms with Crippen LogP contribution in [0.2, 0.25) is 0 Å². The van der Waals surface area contributed by atoms with Crippen molar-refractivity contribution < 1.29 is 0 Å². The minimum Gasteiger partial charge on any atom is -0.248 e. The Bertz CT molecular complexity index is 415. The fraction of sp³-hybridized carbons (Fsp3) is 0.800. The molecule has 5 aliphatic carbocycles. The zero-order valence-corrected chi connectivity index (χ0v) is 11.6. The van der Waals surface area contributed by atoms with Crippen LogP contribution in [0.15, 0.2) is 11.1 Å². The SMILES string of the molecule is CC1CCC2=C3CC4CC3C(C)C24C1.N=C=S. The number of hydrogen-bond donors (Lipinski definition) is 1. The minimum atomic E-state index is 0.748. The Hall–Kier alpha value is -0.460. The van der Waals surface area contributed by atoms with Crippen LogP contribution >= 0.6 is 12.2 Å². The smallest absolute Gasteiger partial charge is 0.0554 e. The van der Waals surface area contributed by atoms with E-state index in [0.29, 0.717) is 0 Å². The lowest BCUT2D eigenvalue weighted by Crippen LogP contribution is -2.34. The number of thiocarbonyl (C=S) groups is 1. The molecule has 3 saturated carbocycles. The Morgan fingerprint density at radius 1 is 1.41 bits per heavy atom. The molecular weight excluding hydrogens is 226 g/mol. The second-order valence-electron chi connectivity index (χ2n) is 6.53. The van der Waals surface area contributed by atoms with Gasteiger partial charge in [-0.25, -0.2) is 5.41 Å². The van der Waals surface area contributed by atoms with Crippen molar-refractivity contribution in [3.8, 4) is 0 Å². The summed E-state index contributed by atoms with van der Waals surface area (Å²) >= 11 is 3.81. The van der Waals surface area contributed by atoms with Crippen LogP contribution in [-0.2, 0) is 0 Å². The first-order valence-electron chi connectivity index (χ1n) is 6.91. The highest BCUT2D eigenvalue weighted by Gasteiger charge is 2.66. The third kappa shape index (κ3) is 1.26. The first-order valence-corrected chi connectivity index (χ1v) is 7.32. The van der Waals surface area contributed by atoms with Gasteiger partial charge in [0.1, 0.15) is 0 Å². The molecule has 2 heteroatoms. The number of isothiocyanates is 1. The maximum absolute atomic E-state index is 5.77. The molecule has 5 rings (SSSR count). The summed E-state index contributed by atoms with van der Waals surface area (Å²) in [6.45, 7) is 5.03. The van der Waals surface area contributed by atoms with Gasteiger partial charge in [0.15, 0.2) is 0 Å². The van der Waals surface area contributed by atoms with Gasteiger partial charge in [0.2, 0.25) is 0 Å². The molecule has 0 aromatic rings. The zero-order valence-electron chi connectivity index (χ0n) is 10.8. The van der Waals surface area contributed by atoms with E-state index in [1.807, 2.05) is 11.1 Å². The number of hydrogen-bond acceptors (Lipinski definition) is 2. The Kier molecular flexibility index (Phi) is 2.57.